The number of thioether (sulfide) groups is 1. The second kappa shape index (κ2) is 9.14. The monoisotopic (exact) mass is 328 g/mol. The first-order valence-corrected chi connectivity index (χ1v) is 7.99. The summed E-state index contributed by atoms with van der Waals surface area (Å²) in [6, 6.07) is 2.44. The number of amides is 2. The van der Waals surface area contributed by atoms with Crippen LogP contribution < -0.4 is 10.6 Å². The maximum Gasteiger partial charge on any atom is 0.313 e. The third-order valence-corrected chi connectivity index (χ3v) is 3.70. The lowest BCUT2D eigenvalue weighted by atomic mass is 10.0. The van der Waals surface area contributed by atoms with Gasteiger partial charge in [0, 0.05) is 12.3 Å². The Morgan fingerprint density at radius 3 is 2.64 bits per heavy atom. The number of carboxylic acid groups (broad SMARTS) is 1. The summed E-state index contributed by atoms with van der Waals surface area (Å²) in [4.78, 5) is 34.4. The van der Waals surface area contributed by atoms with E-state index >= 15 is 0 Å². The normalized spacial score (nSPS) is 12.0. The van der Waals surface area contributed by atoms with E-state index in [1.165, 1.54) is 24.1 Å². The molecule has 1 rings (SSSR count). The molecule has 0 bridgehead atoms. The van der Waals surface area contributed by atoms with Crippen LogP contribution in [0.3, 0.4) is 0 Å². The summed E-state index contributed by atoms with van der Waals surface area (Å²) in [7, 11) is 0. The van der Waals surface area contributed by atoms with Gasteiger partial charge in [-0.2, -0.15) is 0 Å². The van der Waals surface area contributed by atoms with Gasteiger partial charge in [-0.1, -0.05) is 13.8 Å². The Labute approximate surface area is 132 Å². The lowest BCUT2D eigenvalue weighted by Crippen LogP contribution is -2.50. The molecule has 3 N–H and O–H groups in total. The van der Waals surface area contributed by atoms with Gasteiger partial charge >= 0.3 is 5.97 Å². The van der Waals surface area contributed by atoms with Crippen molar-refractivity contribution in [1.82, 2.24) is 10.6 Å². The molecular formula is C14H20N2O5S. The number of hydrogen-bond donors (Lipinski definition) is 3. The third kappa shape index (κ3) is 6.21. The minimum Gasteiger partial charge on any atom is -0.481 e. The first-order chi connectivity index (χ1) is 10.4. The molecule has 0 aliphatic rings. The Hall–Kier alpha value is -1.96. The molecule has 1 aromatic rings. The predicted octanol–water partition coefficient (Wildman–Crippen LogP) is 0.968. The minimum absolute atomic E-state index is 0.00128. The van der Waals surface area contributed by atoms with Crippen LogP contribution >= 0.6 is 11.8 Å². The Bertz CT molecular complexity index is 501. The van der Waals surface area contributed by atoms with Crippen molar-refractivity contribution >= 4 is 29.5 Å². The van der Waals surface area contributed by atoms with Crippen LogP contribution in [0.15, 0.2) is 22.8 Å². The van der Waals surface area contributed by atoms with E-state index in [4.69, 9.17) is 9.52 Å². The zero-order valence-corrected chi connectivity index (χ0v) is 13.3. The van der Waals surface area contributed by atoms with E-state index < -0.39 is 17.9 Å². The van der Waals surface area contributed by atoms with Crippen LogP contribution in [0.2, 0.25) is 0 Å². The summed E-state index contributed by atoms with van der Waals surface area (Å²) in [5, 5.41) is 13.8. The van der Waals surface area contributed by atoms with Crippen molar-refractivity contribution in [3.05, 3.63) is 24.2 Å². The zero-order chi connectivity index (χ0) is 16.5. The number of carboxylic acids is 1. The molecule has 0 aliphatic carbocycles. The largest absolute Gasteiger partial charge is 0.481 e. The van der Waals surface area contributed by atoms with Gasteiger partial charge in [-0.25, -0.2) is 0 Å². The molecule has 0 radical (unpaired) electrons. The van der Waals surface area contributed by atoms with Gasteiger partial charge in [0.25, 0.3) is 5.91 Å². The van der Waals surface area contributed by atoms with Crippen molar-refractivity contribution in [2.75, 3.05) is 18.1 Å². The number of nitrogens with one attached hydrogen (secondary N) is 2. The molecule has 1 unspecified atom stereocenters. The van der Waals surface area contributed by atoms with Crippen LogP contribution in [0.25, 0.3) is 0 Å². The highest BCUT2D eigenvalue weighted by Crippen LogP contribution is 2.06. The fourth-order valence-electron chi connectivity index (χ4n) is 1.67. The van der Waals surface area contributed by atoms with Crippen LogP contribution in [0.1, 0.15) is 24.4 Å². The molecule has 7 nitrogen and oxygen atoms in total. The van der Waals surface area contributed by atoms with Crippen LogP contribution in [-0.2, 0) is 9.59 Å². The average molecular weight is 328 g/mol. The molecular weight excluding hydrogens is 308 g/mol. The van der Waals surface area contributed by atoms with Gasteiger partial charge in [-0.15, -0.1) is 11.8 Å². The molecule has 8 heteroatoms. The summed E-state index contributed by atoms with van der Waals surface area (Å²) in [5.74, 6) is -1.08. The van der Waals surface area contributed by atoms with Gasteiger partial charge in [0.1, 0.15) is 6.04 Å². The SMILES string of the molecule is CC(C)C(NC(=O)c1ccco1)C(=O)NCCSCC(=O)O. The second-order valence-electron chi connectivity index (χ2n) is 4.91. The average Bonchev–Trinajstić information content (AvgIpc) is 2.97. The van der Waals surface area contributed by atoms with Gasteiger partial charge < -0.3 is 20.2 Å². The van der Waals surface area contributed by atoms with Crippen LogP contribution in [0.4, 0.5) is 0 Å². The molecule has 122 valence electrons. The number of hydrogen-bond acceptors (Lipinski definition) is 5. The van der Waals surface area contributed by atoms with E-state index in [0.29, 0.717) is 12.3 Å². The summed E-state index contributed by atoms with van der Waals surface area (Å²) in [6.45, 7) is 3.99. The molecule has 22 heavy (non-hydrogen) atoms. The van der Waals surface area contributed by atoms with Gasteiger partial charge in [-0.05, 0) is 18.1 Å². The smallest absolute Gasteiger partial charge is 0.313 e. The topological polar surface area (TPSA) is 109 Å². The maximum absolute atomic E-state index is 12.1. The van der Waals surface area contributed by atoms with Gasteiger partial charge in [-0.3, -0.25) is 14.4 Å². The van der Waals surface area contributed by atoms with Gasteiger partial charge in [0.05, 0.1) is 12.0 Å². The highest BCUT2D eigenvalue weighted by Gasteiger charge is 2.25. The molecule has 0 saturated carbocycles. The summed E-state index contributed by atoms with van der Waals surface area (Å²) in [5.41, 5.74) is 0. The standard InChI is InChI=1S/C14H20N2O5S/c1-9(2)12(16-13(19)10-4-3-6-21-10)14(20)15-5-7-22-8-11(17)18/h3-4,6,9,12H,5,7-8H2,1-2H3,(H,15,20)(H,16,19)(H,17,18). The Morgan fingerprint density at radius 2 is 2.09 bits per heavy atom. The summed E-state index contributed by atoms with van der Waals surface area (Å²) in [6.07, 6.45) is 1.39. The first-order valence-electron chi connectivity index (χ1n) is 6.83. The van der Waals surface area contributed by atoms with E-state index in [-0.39, 0.29) is 23.3 Å². The van der Waals surface area contributed by atoms with E-state index in [9.17, 15) is 14.4 Å². The Kier molecular flexibility index (Phi) is 7.51. The number of furan rings is 1. The van der Waals surface area contributed by atoms with Crippen LogP contribution in [0.5, 0.6) is 0 Å². The highest BCUT2D eigenvalue weighted by molar-refractivity contribution is 7.99. The number of rotatable bonds is 9. The molecule has 0 aliphatic heterocycles. The van der Waals surface area contributed by atoms with Crippen molar-refractivity contribution in [3.63, 3.8) is 0 Å². The minimum atomic E-state index is -0.887. The highest BCUT2D eigenvalue weighted by atomic mass is 32.2. The molecule has 0 saturated heterocycles. The zero-order valence-electron chi connectivity index (χ0n) is 12.5. The number of aliphatic carboxylic acids is 1. The molecule has 2 amide bonds. The second-order valence-corrected chi connectivity index (χ2v) is 6.01. The molecule has 1 aromatic heterocycles. The van der Waals surface area contributed by atoms with Crippen LogP contribution in [0, 0.1) is 5.92 Å². The summed E-state index contributed by atoms with van der Waals surface area (Å²) >= 11 is 1.22. The van der Waals surface area contributed by atoms with E-state index in [1.54, 1.807) is 6.07 Å². The Morgan fingerprint density at radius 1 is 1.36 bits per heavy atom. The molecule has 1 heterocycles. The Balaban J connectivity index is 2.43. The quantitative estimate of drug-likeness (QED) is 0.583. The van der Waals surface area contributed by atoms with Crippen molar-refractivity contribution in [1.29, 1.82) is 0 Å². The van der Waals surface area contributed by atoms with Crippen LogP contribution in [-0.4, -0.2) is 47.0 Å². The van der Waals surface area contributed by atoms with E-state index in [0.717, 1.165) is 0 Å². The van der Waals surface area contributed by atoms with Gasteiger partial charge in [0.15, 0.2) is 5.76 Å². The predicted molar refractivity (Wildman–Crippen MR) is 82.8 cm³/mol. The lowest BCUT2D eigenvalue weighted by Gasteiger charge is -2.21. The molecule has 0 spiro atoms. The first kappa shape index (κ1) is 18.1. The van der Waals surface area contributed by atoms with E-state index in [1.807, 2.05) is 13.8 Å². The van der Waals surface area contributed by atoms with Gasteiger partial charge in [0.2, 0.25) is 5.91 Å². The maximum atomic E-state index is 12.1. The number of carbonyl (C=O) groups excluding carboxylic acids is 2. The van der Waals surface area contributed by atoms with Crippen molar-refractivity contribution < 1.29 is 23.9 Å². The van der Waals surface area contributed by atoms with E-state index in [2.05, 4.69) is 10.6 Å². The fraction of sp³-hybridized carbons (Fsp3) is 0.500. The van der Waals surface area contributed by atoms with Crippen molar-refractivity contribution in [2.24, 2.45) is 5.92 Å². The molecule has 0 aromatic carbocycles. The lowest BCUT2D eigenvalue weighted by molar-refractivity contribution is -0.133. The number of carbonyl (C=O) groups is 3. The molecule has 1 atom stereocenters. The molecule has 0 fully saturated rings. The van der Waals surface area contributed by atoms with Crippen molar-refractivity contribution in [2.45, 2.75) is 19.9 Å². The van der Waals surface area contributed by atoms with Crippen molar-refractivity contribution in [3.8, 4) is 0 Å². The summed E-state index contributed by atoms with van der Waals surface area (Å²) < 4.78 is 4.99. The fourth-order valence-corrected chi connectivity index (χ4v) is 2.24. The third-order valence-electron chi connectivity index (χ3n) is 2.75.